The maximum Gasteiger partial charge on any atom is 0.416 e. The molecule has 0 spiro atoms. The Morgan fingerprint density at radius 2 is 1.57 bits per heavy atom. The Hall–Kier alpha value is -4.61. The average molecular weight is 724 g/mol. The van der Waals surface area contributed by atoms with Gasteiger partial charge in [0.2, 0.25) is 0 Å². The number of aryl methyl sites for hydroxylation is 2. The van der Waals surface area contributed by atoms with Crippen LogP contribution >= 0.6 is 12.4 Å². The molecule has 19 heteroatoms. The summed E-state index contributed by atoms with van der Waals surface area (Å²) in [4.78, 5) is 19.4. The zero-order valence-electron chi connectivity index (χ0n) is 25.5. The Labute approximate surface area is 278 Å². The molecular weight excluding hydrogens is 697 g/mol. The van der Waals surface area contributed by atoms with Gasteiger partial charge in [-0.3, -0.25) is 4.98 Å². The molecule has 0 bridgehead atoms. The van der Waals surface area contributed by atoms with Crippen molar-refractivity contribution in [1.82, 2.24) is 25.2 Å². The fourth-order valence-corrected chi connectivity index (χ4v) is 5.73. The molecule has 0 saturated carbocycles. The largest absolute Gasteiger partial charge is 0.478 e. The number of pyridine rings is 1. The lowest BCUT2D eigenvalue weighted by molar-refractivity contribution is -0.143. The summed E-state index contributed by atoms with van der Waals surface area (Å²) in [6.07, 6.45) is -12.0. The van der Waals surface area contributed by atoms with Gasteiger partial charge in [0.25, 0.3) is 5.95 Å². The smallest absolute Gasteiger partial charge is 0.416 e. The van der Waals surface area contributed by atoms with Crippen molar-refractivity contribution in [3.8, 4) is 0 Å². The van der Waals surface area contributed by atoms with Gasteiger partial charge in [0.05, 0.1) is 35.3 Å². The number of tetrazole rings is 1. The molecule has 0 unspecified atom stereocenters. The number of aromatic carboxylic acids is 1. The lowest BCUT2D eigenvalue weighted by Crippen LogP contribution is -2.30. The molecule has 3 heterocycles. The van der Waals surface area contributed by atoms with Gasteiger partial charge in [0, 0.05) is 37.7 Å². The van der Waals surface area contributed by atoms with Crippen LogP contribution in [0.5, 0.6) is 0 Å². The number of rotatable bonds is 7. The second kappa shape index (κ2) is 13.7. The van der Waals surface area contributed by atoms with E-state index in [1.807, 2.05) is 0 Å². The molecule has 9 nitrogen and oxygen atoms in total. The summed E-state index contributed by atoms with van der Waals surface area (Å²) in [5.74, 6) is -1.44. The van der Waals surface area contributed by atoms with Crippen LogP contribution < -0.4 is 9.80 Å². The number of carboxylic acid groups (broad SMARTS) is 1. The molecule has 0 amide bonds. The van der Waals surface area contributed by atoms with Crippen LogP contribution in [0.3, 0.4) is 0 Å². The van der Waals surface area contributed by atoms with Gasteiger partial charge in [-0.15, -0.1) is 17.5 Å². The summed E-state index contributed by atoms with van der Waals surface area (Å²) in [6, 6.07) is 3.76. The van der Waals surface area contributed by atoms with Gasteiger partial charge >= 0.3 is 24.5 Å². The maximum atomic E-state index is 14.2. The van der Waals surface area contributed by atoms with Gasteiger partial charge in [-0.1, -0.05) is 11.2 Å². The molecule has 0 fully saturated rings. The first-order valence-electron chi connectivity index (χ1n) is 14.2. The minimum atomic E-state index is -5.11. The first-order chi connectivity index (χ1) is 22.3. The number of carbonyl (C=O) groups is 1. The molecule has 2 aromatic heterocycles. The average Bonchev–Trinajstić information content (AvgIpc) is 3.34. The van der Waals surface area contributed by atoms with E-state index in [4.69, 9.17) is 0 Å². The predicted octanol–water partition coefficient (Wildman–Crippen LogP) is 7.64. The van der Waals surface area contributed by atoms with Crippen LogP contribution in [0.25, 0.3) is 0 Å². The predicted molar refractivity (Wildman–Crippen MR) is 159 cm³/mol. The highest BCUT2D eigenvalue weighted by Gasteiger charge is 2.39. The minimum absolute atomic E-state index is 0. The first kappa shape index (κ1) is 37.2. The van der Waals surface area contributed by atoms with Gasteiger partial charge < -0.3 is 14.9 Å². The SMILES string of the molecule is Cc1cc2c(cc1C(F)(F)F)N(Cc1cncc(C(=O)O)c1)CCC[C@@H]2N(Cc1cc(C(F)(F)F)cc(C(F)(F)F)c1)c1nnn(C)n1.Cl. The highest BCUT2D eigenvalue weighted by Crippen LogP contribution is 2.44. The van der Waals surface area contributed by atoms with Crippen molar-refractivity contribution in [1.29, 1.82) is 0 Å². The molecule has 49 heavy (non-hydrogen) atoms. The summed E-state index contributed by atoms with van der Waals surface area (Å²) in [5, 5.41) is 21.3. The molecule has 2 aromatic carbocycles. The third kappa shape index (κ3) is 8.34. The molecule has 1 aliphatic rings. The van der Waals surface area contributed by atoms with E-state index in [0.29, 0.717) is 24.1 Å². The number of aromatic nitrogens is 5. The zero-order valence-corrected chi connectivity index (χ0v) is 26.3. The van der Waals surface area contributed by atoms with Gasteiger partial charge in [0.15, 0.2) is 0 Å². The number of halogens is 10. The Kier molecular flexibility index (Phi) is 10.4. The normalized spacial score (nSPS) is 15.3. The van der Waals surface area contributed by atoms with Crippen molar-refractivity contribution in [2.45, 2.75) is 57.4 Å². The van der Waals surface area contributed by atoms with Crippen LogP contribution in [0, 0.1) is 6.92 Å². The number of fused-ring (bicyclic) bond motifs is 1. The van der Waals surface area contributed by atoms with Crippen LogP contribution in [0.1, 0.15) is 68.2 Å². The lowest BCUT2D eigenvalue weighted by Gasteiger charge is -2.33. The first-order valence-corrected chi connectivity index (χ1v) is 14.2. The maximum absolute atomic E-state index is 14.2. The van der Waals surface area contributed by atoms with Crippen LogP contribution in [-0.4, -0.2) is 42.8 Å². The molecule has 1 atom stereocenters. The quantitative estimate of drug-likeness (QED) is 0.194. The molecule has 5 rings (SSSR count). The summed E-state index contributed by atoms with van der Waals surface area (Å²) in [5.41, 5.74) is -4.00. The van der Waals surface area contributed by atoms with Crippen molar-refractivity contribution >= 4 is 30.0 Å². The van der Waals surface area contributed by atoms with Gasteiger partial charge in [0.1, 0.15) is 0 Å². The van der Waals surface area contributed by atoms with Crippen LogP contribution in [0.15, 0.2) is 48.8 Å². The molecule has 264 valence electrons. The molecular formula is C30H27ClF9N7O2. The van der Waals surface area contributed by atoms with Crippen molar-refractivity contribution in [2.75, 3.05) is 16.3 Å². The summed E-state index contributed by atoms with van der Waals surface area (Å²) in [7, 11) is 1.39. The van der Waals surface area contributed by atoms with E-state index in [1.54, 1.807) is 4.90 Å². The summed E-state index contributed by atoms with van der Waals surface area (Å²) >= 11 is 0. The van der Waals surface area contributed by atoms with Crippen molar-refractivity contribution < 1.29 is 49.4 Å². The van der Waals surface area contributed by atoms with E-state index in [-0.39, 0.29) is 66.3 Å². The Balaban J connectivity index is 0.00000541. The van der Waals surface area contributed by atoms with Crippen molar-refractivity contribution in [2.24, 2.45) is 7.05 Å². The van der Waals surface area contributed by atoms with Gasteiger partial charge in [-0.05, 0) is 77.6 Å². The second-order valence-corrected chi connectivity index (χ2v) is 11.3. The van der Waals surface area contributed by atoms with E-state index < -0.39 is 59.3 Å². The fourth-order valence-electron chi connectivity index (χ4n) is 5.73. The molecule has 1 aliphatic heterocycles. The second-order valence-electron chi connectivity index (χ2n) is 11.3. The van der Waals surface area contributed by atoms with E-state index in [0.717, 1.165) is 17.1 Å². The number of nitrogens with zero attached hydrogens (tertiary/aromatic N) is 7. The number of benzene rings is 2. The summed E-state index contributed by atoms with van der Waals surface area (Å²) in [6.45, 7) is 0.751. The number of anilines is 2. The Morgan fingerprint density at radius 3 is 2.12 bits per heavy atom. The third-order valence-electron chi connectivity index (χ3n) is 7.83. The Bertz CT molecular complexity index is 1790. The van der Waals surface area contributed by atoms with E-state index in [1.165, 1.54) is 37.2 Å². The Morgan fingerprint density at radius 1 is 0.918 bits per heavy atom. The highest BCUT2D eigenvalue weighted by molar-refractivity contribution is 5.87. The van der Waals surface area contributed by atoms with E-state index in [2.05, 4.69) is 20.4 Å². The molecule has 4 aromatic rings. The lowest BCUT2D eigenvalue weighted by atomic mass is 9.94. The topological polar surface area (TPSA) is 100 Å². The monoisotopic (exact) mass is 723 g/mol. The van der Waals surface area contributed by atoms with Crippen LogP contribution in [0.2, 0.25) is 0 Å². The number of hydrogen-bond acceptors (Lipinski definition) is 7. The van der Waals surface area contributed by atoms with Crippen molar-refractivity contribution in [3.05, 3.63) is 93.3 Å². The number of alkyl halides is 9. The molecule has 0 radical (unpaired) electrons. The van der Waals surface area contributed by atoms with Crippen molar-refractivity contribution in [3.63, 3.8) is 0 Å². The zero-order chi connectivity index (χ0) is 35.2. The fraction of sp³-hybridized carbons (Fsp3) is 0.367. The number of hydrogen-bond donors (Lipinski definition) is 1. The third-order valence-corrected chi connectivity index (χ3v) is 7.83. The van der Waals surface area contributed by atoms with Gasteiger partial charge in [-0.2, -0.15) is 44.3 Å². The standard InChI is InChI=1S/C30H26F9N7O2.ClH/c1-16-6-22-24(4-3-5-45(25(22)11-23(16)30(37,38)39)14-18-7-19(26(47)48)13-40-12-18)46(27-41-43-44(2)42-27)15-17-8-20(28(31,32)33)10-21(9-17)29(34,35)36;/h6-13,24H,3-5,14-15H2,1-2H3,(H,47,48);1H/t24-;/m0./s1. The van der Waals surface area contributed by atoms with Crippen LogP contribution in [-0.2, 0) is 38.7 Å². The van der Waals surface area contributed by atoms with Crippen LogP contribution in [0.4, 0.5) is 51.1 Å². The van der Waals surface area contributed by atoms with E-state index in [9.17, 15) is 49.4 Å². The molecule has 0 saturated heterocycles. The molecule has 0 aliphatic carbocycles. The van der Waals surface area contributed by atoms with Gasteiger partial charge in [-0.25, -0.2) is 4.79 Å². The highest BCUT2D eigenvalue weighted by atomic mass is 35.5. The molecule has 1 N–H and O–H groups in total. The minimum Gasteiger partial charge on any atom is -0.478 e. The van der Waals surface area contributed by atoms with E-state index >= 15 is 0 Å². The summed E-state index contributed by atoms with van der Waals surface area (Å²) < 4.78 is 125. The number of carboxylic acids is 1.